The van der Waals surface area contributed by atoms with Gasteiger partial charge in [-0.25, -0.2) is 0 Å². The van der Waals surface area contributed by atoms with Crippen LogP contribution < -0.4 is 15.0 Å². The first-order valence-corrected chi connectivity index (χ1v) is 8.80. The second-order valence-corrected chi connectivity index (χ2v) is 6.01. The van der Waals surface area contributed by atoms with Crippen LogP contribution in [0.2, 0.25) is 0 Å². The van der Waals surface area contributed by atoms with E-state index in [4.69, 9.17) is 17.0 Å². The van der Waals surface area contributed by atoms with Crippen LogP contribution in [0.25, 0.3) is 6.08 Å². The molecule has 138 valence electrons. The SMILES string of the molecule is C=CCN1C(=O)/C(=C/c2ccc(N(CC)CC)cc2OC)C(=O)NC1=S. The number of carbonyl (C=O) groups is 2. The van der Waals surface area contributed by atoms with E-state index in [0.717, 1.165) is 18.8 Å². The van der Waals surface area contributed by atoms with E-state index in [0.29, 0.717) is 11.3 Å². The molecule has 0 saturated carbocycles. The molecule has 6 nitrogen and oxygen atoms in total. The van der Waals surface area contributed by atoms with Gasteiger partial charge in [0.2, 0.25) is 0 Å². The monoisotopic (exact) mass is 373 g/mol. The molecule has 0 atom stereocenters. The number of rotatable bonds is 7. The fraction of sp³-hybridized carbons (Fsp3) is 0.316. The van der Waals surface area contributed by atoms with Crippen molar-refractivity contribution in [2.75, 3.05) is 31.6 Å². The van der Waals surface area contributed by atoms with Gasteiger partial charge in [0, 0.05) is 37.0 Å². The lowest BCUT2D eigenvalue weighted by Gasteiger charge is -2.28. The van der Waals surface area contributed by atoms with Gasteiger partial charge in [-0.3, -0.25) is 19.8 Å². The van der Waals surface area contributed by atoms with Gasteiger partial charge in [0.1, 0.15) is 11.3 Å². The lowest BCUT2D eigenvalue weighted by Crippen LogP contribution is -2.53. The quantitative estimate of drug-likeness (QED) is 0.344. The average Bonchev–Trinajstić information content (AvgIpc) is 2.63. The molecular weight excluding hydrogens is 350 g/mol. The Morgan fingerprint density at radius 3 is 2.58 bits per heavy atom. The minimum atomic E-state index is -0.518. The highest BCUT2D eigenvalue weighted by Gasteiger charge is 2.32. The Morgan fingerprint density at radius 2 is 2.00 bits per heavy atom. The summed E-state index contributed by atoms with van der Waals surface area (Å²) in [5.74, 6) is -0.380. The summed E-state index contributed by atoms with van der Waals surface area (Å²) >= 11 is 5.05. The molecule has 2 rings (SSSR count). The Kier molecular flexibility index (Phi) is 6.52. The second kappa shape index (κ2) is 8.62. The molecule has 1 fully saturated rings. The van der Waals surface area contributed by atoms with Crippen molar-refractivity contribution in [1.29, 1.82) is 0 Å². The fourth-order valence-corrected chi connectivity index (χ4v) is 3.00. The molecular formula is C19H23N3O3S. The molecule has 0 radical (unpaired) electrons. The molecule has 1 aromatic rings. The van der Waals surface area contributed by atoms with Gasteiger partial charge in [-0.15, -0.1) is 6.58 Å². The highest BCUT2D eigenvalue weighted by Crippen LogP contribution is 2.28. The van der Waals surface area contributed by atoms with Crippen LogP contribution in [0.3, 0.4) is 0 Å². The van der Waals surface area contributed by atoms with Crippen LogP contribution >= 0.6 is 12.2 Å². The smallest absolute Gasteiger partial charge is 0.265 e. The van der Waals surface area contributed by atoms with Crippen LogP contribution in [0.1, 0.15) is 19.4 Å². The van der Waals surface area contributed by atoms with Crippen LogP contribution in [-0.4, -0.2) is 48.6 Å². The van der Waals surface area contributed by atoms with Gasteiger partial charge >= 0.3 is 0 Å². The molecule has 0 unspecified atom stereocenters. The maximum Gasteiger partial charge on any atom is 0.265 e. The van der Waals surface area contributed by atoms with Gasteiger partial charge in [0.05, 0.1) is 7.11 Å². The molecule has 26 heavy (non-hydrogen) atoms. The number of anilines is 1. The molecule has 1 aliphatic heterocycles. The Morgan fingerprint density at radius 1 is 1.31 bits per heavy atom. The van der Waals surface area contributed by atoms with Crippen molar-refractivity contribution in [2.45, 2.75) is 13.8 Å². The third kappa shape index (κ3) is 3.94. The van der Waals surface area contributed by atoms with E-state index in [9.17, 15) is 9.59 Å². The third-order valence-electron chi connectivity index (χ3n) is 4.14. The number of nitrogens with one attached hydrogen (secondary N) is 1. The van der Waals surface area contributed by atoms with Gasteiger partial charge in [-0.05, 0) is 44.3 Å². The average molecular weight is 373 g/mol. The zero-order valence-corrected chi connectivity index (χ0v) is 16.1. The Balaban J connectivity index is 2.43. The number of amides is 2. The standard InChI is InChI=1S/C19H23N3O3S/c1-5-10-22-18(24)15(17(23)20-19(22)26)11-13-8-9-14(12-16(13)25-4)21(6-2)7-3/h5,8-9,11-12H,1,6-7,10H2,2-4H3,(H,20,23,26)/b15-11+. The van der Waals surface area contributed by atoms with Crippen LogP contribution in [-0.2, 0) is 9.59 Å². The van der Waals surface area contributed by atoms with Crippen molar-refractivity contribution in [2.24, 2.45) is 0 Å². The summed E-state index contributed by atoms with van der Waals surface area (Å²) in [7, 11) is 1.56. The van der Waals surface area contributed by atoms with Crippen LogP contribution in [0, 0.1) is 0 Å². The molecule has 1 N–H and O–H groups in total. The van der Waals surface area contributed by atoms with Crippen molar-refractivity contribution in [3.05, 3.63) is 42.0 Å². The minimum Gasteiger partial charge on any atom is -0.496 e. The molecule has 0 spiro atoms. The summed E-state index contributed by atoms with van der Waals surface area (Å²) in [5.41, 5.74) is 1.67. The summed E-state index contributed by atoms with van der Waals surface area (Å²) in [6, 6.07) is 5.68. The minimum absolute atomic E-state index is 0.00865. The number of benzene rings is 1. The van der Waals surface area contributed by atoms with Crippen LogP contribution in [0.5, 0.6) is 5.75 Å². The first-order chi connectivity index (χ1) is 12.5. The van der Waals surface area contributed by atoms with Crippen molar-refractivity contribution in [3.63, 3.8) is 0 Å². The van der Waals surface area contributed by atoms with Crippen molar-refractivity contribution < 1.29 is 14.3 Å². The van der Waals surface area contributed by atoms with E-state index in [1.165, 1.54) is 11.0 Å². The number of hydrogen-bond donors (Lipinski definition) is 1. The fourth-order valence-electron chi connectivity index (χ4n) is 2.75. The Bertz CT molecular complexity index is 769. The lowest BCUT2D eigenvalue weighted by molar-refractivity contribution is -0.128. The Labute approximate surface area is 159 Å². The largest absolute Gasteiger partial charge is 0.496 e. The van der Waals surface area contributed by atoms with E-state index >= 15 is 0 Å². The molecule has 0 bridgehead atoms. The van der Waals surface area contributed by atoms with Gasteiger partial charge in [0.15, 0.2) is 5.11 Å². The summed E-state index contributed by atoms with van der Waals surface area (Å²) in [5, 5.41) is 2.62. The molecule has 0 aliphatic carbocycles. The van der Waals surface area contributed by atoms with E-state index in [1.54, 1.807) is 13.2 Å². The number of nitrogens with zero attached hydrogens (tertiary/aromatic N) is 2. The van der Waals surface area contributed by atoms with Gasteiger partial charge in [-0.1, -0.05) is 6.08 Å². The van der Waals surface area contributed by atoms with Gasteiger partial charge in [-0.2, -0.15) is 0 Å². The first kappa shape index (κ1) is 19.7. The normalized spacial score (nSPS) is 15.9. The number of thiocarbonyl (C=S) groups is 1. The van der Waals surface area contributed by atoms with Crippen LogP contribution in [0.4, 0.5) is 5.69 Å². The van der Waals surface area contributed by atoms with Crippen molar-refractivity contribution in [3.8, 4) is 5.75 Å². The number of ether oxygens (including phenoxy) is 1. The van der Waals surface area contributed by atoms with Crippen LogP contribution in [0.15, 0.2) is 36.4 Å². The topological polar surface area (TPSA) is 61.9 Å². The maximum absolute atomic E-state index is 12.6. The molecule has 0 aromatic heterocycles. The Hall–Kier alpha value is -2.67. The van der Waals surface area contributed by atoms with Crippen molar-refractivity contribution >= 4 is 40.9 Å². The van der Waals surface area contributed by atoms with E-state index < -0.39 is 11.8 Å². The predicted octanol–water partition coefficient (Wildman–Crippen LogP) is 2.35. The first-order valence-electron chi connectivity index (χ1n) is 8.39. The zero-order valence-electron chi connectivity index (χ0n) is 15.2. The highest BCUT2D eigenvalue weighted by molar-refractivity contribution is 7.80. The maximum atomic E-state index is 12.6. The third-order valence-corrected chi connectivity index (χ3v) is 4.47. The van der Waals surface area contributed by atoms with Gasteiger partial charge < -0.3 is 9.64 Å². The predicted molar refractivity (Wildman–Crippen MR) is 107 cm³/mol. The molecule has 1 heterocycles. The summed E-state index contributed by atoms with van der Waals surface area (Å²) in [6.07, 6.45) is 3.08. The molecule has 2 amide bonds. The molecule has 1 aliphatic rings. The lowest BCUT2D eigenvalue weighted by atomic mass is 10.1. The van der Waals surface area contributed by atoms with E-state index in [1.807, 2.05) is 18.2 Å². The van der Waals surface area contributed by atoms with Crippen molar-refractivity contribution in [1.82, 2.24) is 10.2 Å². The summed E-state index contributed by atoms with van der Waals surface area (Å²) < 4.78 is 5.46. The molecule has 1 saturated heterocycles. The van der Waals surface area contributed by atoms with E-state index in [-0.39, 0.29) is 17.2 Å². The molecule has 7 heteroatoms. The summed E-state index contributed by atoms with van der Waals surface area (Å²) in [6.45, 7) is 9.74. The second-order valence-electron chi connectivity index (χ2n) is 5.62. The molecule has 1 aromatic carbocycles. The van der Waals surface area contributed by atoms with Gasteiger partial charge in [0.25, 0.3) is 11.8 Å². The zero-order chi connectivity index (χ0) is 19.3. The number of hydrogen-bond acceptors (Lipinski definition) is 5. The summed E-state index contributed by atoms with van der Waals surface area (Å²) in [4.78, 5) is 28.3. The number of carbonyl (C=O) groups excluding carboxylic acids is 2. The highest BCUT2D eigenvalue weighted by atomic mass is 32.1. The number of methoxy groups -OCH3 is 1. The van der Waals surface area contributed by atoms with E-state index in [2.05, 4.69) is 30.6 Å².